The van der Waals surface area contributed by atoms with E-state index < -0.39 is 0 Å². The lowest BCUT2D eigenvalue weighted by atomic mass is 10.3. The monoisotopic (exact) mass is 252 g/mol. The van der Waals surface area contributed by atoms with E-state index in [-0.39, 0.29) is 0 Å². The van der Waals surface area contributed by atoms with Gasteiger partial charge in [-0.15, -0.1) is 11.6 Å². The second-order valence-corrected chi connectivity index (χ2v) is 5.39. The number of rotatable bonds is 3. The number of hydrogen-bond donors (Lipinski definition) is 0. The number of imidazole rings is 1. The van der Waals surface area contributed by atoms with Gasteiger partial charge in [0.25, 0.3) is 0 Å². The third-order valence-corrected chi connectivity index (χ3v) is 4.02. The summed E-state index contributed by atoms with van der Waals surface area (Å²) in [6.45, 7) is 5.32. The number of fused-ring (bicyclic) bond motifs is 1. The van der Waals surface area contributed by atoms with Crippen LogP contribution in [0, 0.1) is 18.8 Å². The zero-order valence-electron chi connectivity index (χ0n) is 10.4. The Bertz CT molecular complexity index is 569. The van der Waals surface area contributed by atoms with Crippen molar-refractivity contribution < 1.29 is 0 Å². The number of aromatic nitrogens is 4. The molecule has 0 N–H and O–H groups in total. The summed E-state index contributed by atoms with van der Waals surface area (Å²) in [6.07, 6.45) is 1.32. The van der Waals surface area contributed by atoms with Gasteiger partial charge in [0, 0.05) is 13.6 Å². The quantitative estimate of drug-likeness (QED) is 0.787. The topological polar surface area (TPSA) is 35.6 Å². The lowest BCUT2D eigenvalue weighted by molar-refractivity contribution is 0.575. The van der Waals surface area contributed by atoms with Crippen molar-refractivity contribution in [2.75, 3.05) is 0 Å². The van der Waals surface area contributed by atoms with Crippen LogP contribution in [0.1, 0.15) is 24.9 Å². The van der Waals surface area contributed by atoms with Crippen LogP contribution in [0.15, 0.2) is 0 Å². The van der Waals surface area contributed by atoms with Gasteiger partial charge in [-0.3, -0.25) is 4.68 Å². The normalized spacial score (nSPS) is 23.5. The molecule has 1 aliphatic rings. The molecule has 1 aliphatic carbocycles. The summed E-state index contributed by atoms with van der Waals surface area (Å²) in [5.74, 6) is 3.06. The zero-order valence-corrected chi connectivity index (χ0v) is 11.2. The first-order valence-corrected chi connectivity index (χ1v) is 6.60. The van der Waals surface area contributed by atoms with Crippen molar-refractivity contribution in [3.8, 4) is 0 Å². The van der Waals surface area contributed by atoms with Gasteiger partial charge in [0.2, 0.25) is 0 Å². The van der Waals surface area contributed by atoms with Crippen molar-refractivity contribution >= 4 is 22.8 Å². The summed E-state index contributed by atoms with van der Waals surface area (Å²) in [4.78, 5) is 4.61. The Morgan fingerprint density at radius 3 is 2.76 bits per heavy atom. The molecule has 92 valence electrons. The third-order valence-electron chi connectivity index (χ3n) is 3.78. The Morgan fingerprint density at radius 1 is 1.47 bits per heavy atom. The summed E-state index contributed by atoms with van der Waals surface area (Å²) < 4.78 is 4.16. The molecule has 2 aromatic rings. The Morgan fingerprint density at radius 2 is 2.18 bits per heavy atom. The maximum Gasteiger partial charge on any atom is 0.158 e. The maximum atomic E-state index is 5.99. The first-order valence-electron chi connectivity index (χ1n) is 6.06. The molecular weight excluding hydrogens is 236 g/mol. The van der Waals surface area contributed by atoms with Crippen LogP contribution in [-0.4, -0.2) is 19.3 Å². The van der Waals surface area contributed by atoms with Crippen LogP contribution < -0.4 is 0 Å². The van der Waals surface area contributed by atoms with E-state index in [1.54, 1.807) is 0 Å². The predicted octanol–water partition coefficient (Wildman–Crippen LogP) is 2.47. The number of nitrogens with zero attached hydrogens (tertiary/aromatic N) is 4. The Hall–Kier alpha value is -1.03. The number of alkyl halides is 1. The molecule has 4 nitrogen and oxygen atoms in total. The molecule has 2 unspecified atom stereocenters. The van der Waals surface area contributed by atoms with Crippen LogP contribution in [-0.2, 0) is 19.5 Å². The highest BCUT2D eigenvalue weighted by Crippen LogP contribution is 2.40. The summed E-state index contributed by atoms with van der Waals surface area (Å²) in [5, 5.41) is 4.42. The smallest absolute Gasteiger partial charge is 0.158 e. The van der Waals surface area contributed by atoms with Crippen molar-refractivity contribution in [3.63, 3.8) is 0 Å². The molecule has 0 saturated heterocycles. The van der Waals surface area contributed by atoms with E-state index in [0.29, 0.717) is 5.88 Å². The van der Waals surface area contributed by atoms with Gasteiger partial charge in [0.1, 0.15) is 11.3 Å². The van der Waals surface area contributed by atoms with Gasteiger partial charge >= 0.3 is 0 Å². The molecule has 1 fully saturated rings. The van der Waals surface area contributed by atoms with Crippen molar-refractivity contribution in [1.29, 1.82) is 0 Å². The minimum Gasteiger partial charge on any atom is -0.312 e. The fourth-order valence-electron chi connectivity index (χ4n) is 2.56. The summed E-state index contributed by atoms with van der Waals surface area (Å²) in [6, 6.07) is 0. The van der Waals surface area contributed by atoms with Gasteiger partial charge < -0.3 is 4.57 Å². The highest BCUT2D eigenvalue weighted by Gasteiger charge is 2.34. The summed E-state index contributed by atoms with van der Waals surface area (Å²) in [5.41, 5.74) is 3.09. The molecule has 2 aromatic heterocycles. The lowest BCUT2D eigenvalue weighted by Gasteiger charge is -2.07. The molecule has 1 saturated carbocycles. The second kappa shape index (κ2) is 3.73. The molecule has 5 heteroatoms. The molecule has 0 radical (unpaired) electrons. The van der Waals surface area contributed by atoms with E-state index in [1.807, 2.05) is 18.7 Å². The zero-order chi connectivity index (χ0) is 12.2. The fraction of sp³-hybridized carbons (Fsp3) is 0.667. The Kier molecular flexibility index (Phi) is 2.43. The van der Waals surface area contributed by atoms with E-state index in [1.165, 1.54) is 6.42 Å². The summed E-state index contributed by atoms with van der Waals surface area (Å²) in [7, 11) is 1.97. The standard InChI is InChI=1S/C12H17ClN4/c1-7-4-9(7)6-17-10(5-13)14-11-8(2)15-16(3)12(11)17/h7,9H,4-6H2,1-3H3. The van der Waals surface area contributed by atoms with E-state index in [9.17, 15) is 0 Å². The molecule has 3 rings (SSSR count). The molecule has 2 heterocycles. The van der Waals surface area contributed by atoms with Crippen molar-refractivity contribution in [2.24, 2.45) is 18.9 Å². The van der Waals surface area contributed by atoms with Crippen LogP contribution in [0.3, 0.4) is 0 Å². The average molecular weight is 253 g/mol. The molecule has 0 amide bonds. The lowest BCUT2D eigenvalue weighted by Crippen LogP contribution is -2.08. The van der Waals surface area contributed by atoms with Crippen LogP contribution in [0.25, 0.3) is 11.2 Å². The van der Waals surface area contributed by atoms with Crippen LogP contribution in [0.2, 0.25) is 0 Å². The predicted molar refractivity (Wildman–Crippen MR) is 68.1 cm³/mol. The molecule has 0 bridgehead atoms. The molecular formula is C12H17ClN4. The minimum absolute atomic E-state index is 0.467. The molecule has 0 aromatic carbocycles. The Labute approximate surface area is 106 Å². The first kappa shape index (κ1) is 11.1. The minimum atomic E-state index is 0.467. The van der Waals surface area contributed by atoms with Crippen molar-refractivity contribution in [1.82, 2.24) is 19.3 Å². The first-order chi connectivity index (χ1) is 8.11. The average Bonchev–Trinajstić information content (AvgIpc) is 2.74. The number of aryl methyl sites for hydroxylation is 2. The van der Waals surface area contributed by atoms with E-state index in [2.05, 4.69) is 21.6 Å². The second-order valence-electron chi connectivity index (χ2n) is 5.13. The van der Waals surface area contributed by atoms with Crippen LogP contribution in [0.4, 0.5) is 0 Å². The van der Waals surface area contributed by atoms with Gasteiger partial charge in [-0.05, 0) is 25.2 Å². The van der Waals surface area contributed by atoms with Crippen LogP contribution >= 0.6 is 11.6 Å². The summed E-state index contributed by atoms with van der Waals surface area (Å²) >= 11 is 5.99. The van der Waals surface area contributed by atoms with Gasteiger partial charge in [-0.1, -0.05) is 6.92 Å². The maximum absolute atomic E-state index is 5.99. The fourth-order valence-corrected chi connectivity index (χ4v) is 2.77. The van der Waals surface area contributed by atoms with Gasteiger partial charge in [0.15, 0.2) is 5.65 Å². The van der Waals surface area contributed by atoms with E-state index in [4.69, 9.17) is 11.6 Å². The molecule has 17 heavy (non-hydrogen) atoms. The molecule has 0 spiro atoms. The van der Waals surface area contributed by atoms with Crippen molar-refractivity contribution in [2.45, 2.75) is 32.7 Å². The number of hydrogen-bond acceptors (Lipinski definition) is 2. The Balaban J connectivity index is 2.11. The van der Waals surface area contributed by atoms with Crippen molar-refractivity contribution in [3.05, 3.63) is 11.5 Å². The third kappa shape index (κ3) is 1.66. The highest BCUT2D eigenvalue weighted by molar-refractivity contribution is 6.16. The largest absolute Gasteiger partial charge is 0.312 e. The van der Waals surface area contributed by atoms with Gasteiger partial charge in [0.05, 0.1) is 11.6 Å². The van der Waals surface area contributed by atoms with E-state index >= 15 is 0 Å². The molecule has 0 aliphatic heterocycles. The van der Waals surface area contributed by atoms with Crippen LogP contribution in [0.5, 0.6) is 0 Å². The van der Waals surface area contributed by atoms with Gasteiger partial charge in [-0.2, -0.15) is 5.10 Å². The number of halogens is 1. The van der Waals surface area contributed by atoms with Gasteiger partial charge in [-0.25, -0.2) is 4.98 Å². The highest BCUT2D eigenvalue weighted by atomic mass is 35.5. The molecule has 2 atom stereocenters. The van der Waals surface area contributed by atoms with E-state index in [0.717, 1.165) is 41.1 Å². The SMILES string of the molecule is Cc1nn(C)c2c1nc(CCl)n2CC1CC1C.